The molecule has 4 aromatic rings. The maximum Gasteiger partial charge on any atom is 0.348 e. The number of aryl methyl sites for hydroxylation is 1. The molecule has 0 unspecified atom stereocenters. The quantitative estimate of drug-likeness (QED) is 0.439. The van der Waals surface area contributed by atoms with Crippen molar-refractivity contribution in [2.24, 2.45) is 0 Å². The van der Waals surface area contributed by atoms with Crippen LogP contribution < -0.4 is 10.9 Å². The summed E-state index contributed by atoms with van der Waals surface area (Å²) in [5.74, 6) is -0.790. The summed E-state index contributed by atoms with van der Waals surface area (Å²) in [4.78, 5) is 43.7. The third kappa shape index (κ3) is 4.42. The molecule has 0 aliphatic heterocycles. The number of amides is 1. The molecule has 0 fully saturated rings. The molecule has 0 saturated heterocycles. The van der Waals surface area contributed by atoms with Crippen LogP contribution in [-0.4, -0.2) is 28.0 Å². The van der Waals surface area contributed by atoms with Gasteiger partial charge in [0.1, 0.15) is 16.3 Å². The standard InChI is InChI=1S/C22H19N3O4S2/c1-3-29-22(28)19-13(2)9-18(31-19)24-17(26)11-25-12-23-20-15(21(25)27)10-16(30-20)14-7-5-4-6-8-14/h4-10,12H,3,11H2,1-2H3,(H,24,26). The second-order valence-electron chi connectivity index (χ2n) is 6.76. The van der Waals surface area contributed by atoms with Crippen molar-refractivity contribution in [2.75, 3.05) is 11.9 Å². The van der Waals surface area contributed by atoms with Crippen LogP contribution in [0, 0.1) is 6.92 Å². The Bertz CT molecular complexity index is 1320. The fourth-order valence-electron chi connectivity index (χ4n) is 3.09. The summed E-state index contributed by atoms with van der Waals surface area (Å²) in [6.45, 7) is 3.62. The molecule has 1 amide bonds. The van der Waals surface area contributed by atoms with Crippen LogP contribution in [0.3, 0.4) is 0 Å². The number of nitrogens with one attached hydrogen (secondary N) is 1. The number of thiophene rings is 2. The summed E-state index contributed by atoms with van der Waals surface area (Å²) in [6, 6.07) is 13.3. The zero-order chi connectivity index (χ0) is 22.0. The molecule has 1 N–H and O–H groups in total. The maximum absolute atomic E-state index is 12.9. The Kier molecular flexibility index (Phi) is 5.97. The number of fused-ring (bicyclic) bond motifs is 1. The SMILES string of the molecule is CCOC(=O)c1sc(NC(=O)Cn2cnc3sc(-c4ccccc4)cc3c2=O)cc1C. The van der Waals surface area contributed by atoms with Gasteiger partial charge in [0.05, 0.1) is 23.3 Å². The Morgan fingerprint density at radius 2 is 1.94 bits per heavy atom. The first-order chi connectivity index (χ1) is 15.0. The van der Waals surface area contributed by atoms with E-state index in [1.54, 1.807) is 19.9 Å². The highest BCUT2D eigenvalue weighted by Crippen LogP contribution is 2.30. The number of carbonyl (C=O) groups is 2. The molecular formula is C22H19N3O4S2. The third-order valence-corrected chi connectivity index (χ3v) is 6.76. The number of hydrogen-bond donors (Lipinski definition) is 1. The summed E-state index contributed by atoms with van der Waals surface area (Å²) < 4.78 is 6.30. The van der Waals surface area contributed by atoms with Crippen LogP contribution in [0.25, 0.3) is 20.7 Å². The lowest BCUT2D eigenvalue weighted by Crippen LogP contribution is -2.27. The van der Waals surface area contributed by atoms with E-state index in [1.165, 1.54) is 22.2 Å². The van der Waals surface area contributed by atoms with Crippen LogP contribution in [-0.2, 0) is 16.1 Å². The van der Waals surface area contributed by atoms with Crippen LogP contribution in [0.15, 0.2) is 53.6 Å². The molecule has 4 rings (SSSR count). The average Bonchev–Trinajstić information content (AvgIpc) is 3.35. The van der Waals surface area contributed by atoms with Gasteiger partial charge in [0, 0.05) is 4.88 Å². The van der Waals surface area contributed by atoms with E-state index in [1.807, 2.05) is 36.4 Å². The summed E-state index contributed by atoms with van der Waals surface area (Å²) >= 11 is 2.58. The third-order valence-electron chi connectivity index (χ3n) is 4.53. The van der Waals surface area contributed by atoms with Crippen LogP contribution in [0.1, 0.15) is 22.2 Å². The van der Waals surface area contributed by atoms with Crippen molar-refractivity contribution in [2.45, 2.75) is 20.4 Å². The van der Waals surface area contributed by atoms with E-state index in [2.05, 4.69) is 10.3 Å². The number of anilines is 1. The van der Waals surface area contributed by atoms with Crippen molar-refractivity contribution in [3.63, 3.8) is 0 Å². The minimum atomic E-state index is -0.414. The normalized spacial score (nSPS) is 10.9. The van der Waals surface area contributed by atoms with E-state index >= 15 is 0 Å². The van der Waals surface area contributed by atoms with Crippen molar-refractivity contribution in [3.8, 4) is 10.4 Å². The van der Waals surface area contributed by atoms with Gasteiger partial charge >= 0.3 is 5.97 Å². The van der Waals surface area contributed by atoms with Gasteiger partial charge in [-0.2, -0.15) is 0 Å². The smallest absolute Gasteiger partial charge is 0.348 e. The minimum Gasteiger partial charge on any atom is -0.462 e. The Hall–Kier alpha value is -3.30. The fourth-order valence-corrected chi connectivity index (χ4v) is 5.07. The van der Waals surface area contributed by atoms with Gasteiger partial charge in [0.25, 0.3) is 5.56 Å². The lowest BCUT2D eigenvalue weighted by atomic mass is 10.2. The van der Waals surface area contributed by atoms with Crippen molar-refractivity contribution in [3.05, 3.63) is 69.6 Å². The monoisotopic (exact) mass is 453 g/mol. The Labute approximate surface area is 185 Å². The first-order valence-electron chi connectivity index (χ1n) is 9.58. The van der Waals surface area contributed by atoms with Gasteiger partial charge < -0.3 is 10.1 Å². The summed E-state index contributed by atoms with van der Waals surface area (Å²) in [6.07, 6.45) is 1.39. The molecule has 0 aliphatic rings. The number of nitrogens with zero attached hydrogens (tertiary/aromatic N) is 2. The van der Waals surface area contributed by atoms with Gasteiger partial charge in [-0.1, -0.05) is 30.3 Å². The molecule has 31 heavy (non-hydrogen) atoms. The minimum absolute atomic E-state index is 0.177. The molecule has 3 aromatic heterocycles. The second-order valence-corrected chi connectivity index (χ2v) is 8.85. The van der Waals surface area contributed by atoms with Gasteiger partial charge in [-0.05, 0) is 37.1 Å². The van der Waals surface area contributed by atoms with Gasteiger partial charge in [-0.15, -0.1) is 22.7 Å². The molecule has 0 radical (unpaired) electrons. The highest BCUT2D eigenvalue weighted by atomic mass is 32.1. The van der Waals surface area contributed by atoms with Gasteiger partial charge in [0.2, 0.25) is 5.91 Å². The molecule has 3 heterocycles. The average molecular weight is 454 g/mol. The molecule has 7 nitrogen and oxygen atoms in total. The summed E-state index contributed by atoms with van der Waals surface area (Å²) in [5, 5.41) is 3.75. The summed E-state index contributed by atoms with van der Waals surface area (Å²) in [5.41, 5.74) is 1.47. The number of rotatable bonds is 6. The Balaban J connectivity index is 1.53. The van der Waals surface area contributed by atoms with E-state index in [9.17, 15) is 14.4 Å². The number of hydrogen-bond acceptors (Lipinski definition) is 7. The van der Waals surface area contributed by atoms with Crippen molar-refractivity contribution in [1.82, 2.24) is 9.55 Å². The zero-order valence-electron chi connectivity index (χ0n) is 16.9. The number of esters is 1. The zero-order valence-corrected chi connectivity index (χ0v) is 18.5. The van der Waals surface area contributed by atoms with Crippen LogP contribution in [0.2, 0.25) is 0 Å². The fraction of sp³-hybridized carbons (Fsp3) is 0.182. The predicted octanol–water partition coefficient (Wildman–Crippen LogP) is 4.31. The molecule has 9 heteroatoms. The van der Waals surface area contributed by atoms with Crippen LogP contribution in [0.5, 0.6) is 0 Å². The topological polar surface area (TPSA) is 90.3 Å². The highest BCUT2D eigenvalue weighted by Gasteiger charge is 2.17. The first-order valence-corrected chi connectivity index (χ1v) is 11.2. The molecule has 0 bridgehead atoms. The van der Waals surface area contributed by atoms with Crippen LogP contribution in [0.4, 0.5) is 5.00 Å². The highest BCUT2D eigenvalue weighted by molar-refractivity contribution is 7.21. The first kappa shape index (κ1) is 21.0. The van der Waals surface area contributed by atoms with Crippen LogP contribution >= 0.6 is 22.7 Å². The molecule has 1 aromatic carbocycles. The molecule has 0 saturated carbocycles. The van der Waals surface area contributed by atoms with E-state index in [0.717, 1.165) is 27.3 Å². The predicted molar refractivity (Wildman–Crippen MR) is 123 cm³/mol. The van der Waals surface area contributed by atoms with Gasteiger partial charge in [-0.3, -0.25) is 14.2 Å². The molecule has 0 atom stereocenters. The lowest BCUT2D eigenvalue weighted by molar-refractivity contribution is -0.116. The van der Waals surface area contributed by atoms with Gasteiger partial charge in [-0.25, -0.2) is 9.78 Å². The van der Waals surface area contributed by atoms with E-state index < -0.39 is 5.97 Å². The van der Waals surface area contributed by atoms with Crippen molar-refractivity contribution < 1.29 is 14.3 Å². The molecule has 158 valence electrons. The number of benzene rings is 1. The molecule has 0 aliphatic carbocycles. The lowest BCUT2D eigenvalue weighted by Gasteiger charge is -2.05. The maximum atomic E-state index is 12.9. The Morgan fingerprint density at radius 3 is 2.68 bits per heavy atom. The number of ether oxygens (including phenoxy) is 1. The second kappa shape index (κ2) is 8.83. The van der Waals surface area contributed by atoms with E-state index in [-0.39, 0.29) is 24.6 Å². The molecular weight excluding hydrogens is 434 g/mol. The van der Waals surface area contributed by atoms with E-state index in [0.29, 0.717) is 20.1 Å². The number of carbonyl (C=O) groups excluding carboxylic acids is 2. The number of aromatic nitrogens is 2. The molecule has 0 spiro atoms. The largest absolute Gasteiger partial charge is 0.462 e. The van der Waals surface area contributed by atoms with Gasteiger partial charge in [0.15, 0.2) is 0 Å². The van der Waals surface area contributed by atoms with E-state index in [4.69, 9.17) is 4.74 Å². The van der Waals surface area contributed by atoms with Crippen molar-refractivity contribution >= 4 is 49.8 Å². The van der Waals surface area contributed by atoms with Crippen molar-refractivity contribution in [1.29, 1.82) is 0 Å². The Morgan fingerprint density at radius 1 is 1.16 bits per heavy atom. The summed E-state index contributed by atoms with van der Waals surface area (Å²) in [7, 11) is 0.